The first-order valence-electron chi connectivity index (χ1n) is 7.83. The number of methoxy groups -OCH3 is 1. The van der Waals surface area contributed by atoms with Gasteiger partial charge in [0.05, 0.1) is 7.11 Å². The molecule has 110 valence electrons. The predicted octanol–water partition coefficient (Wildman–Crippen LogP) is 3.92. The van der Waals surface area contributed by atoms with Gasteiger partial charge in [0.15, 0.2) is 0 Å². The fraction of sp³-hybridized carbons (Fsp3) is 0.647. The molecule has 1 N–H and O–H groups in total. The first-order chi connectivity index (χ1) is 9.76. The molecule has 3 rings (SSSR count). The number of hydrogen-bond donors (Lipinski definition) is 1. The van der Waals surface area contributed by atoms with Gasteiger partial charge in [-0.15, -0.1) is 0 Å². The number of nitrogens with one attached hydrogen (secondary N) is 1. The van der Waals surface area contributed by atoms with E-state index >= 15 is 0 Å². The number of rotatable bonds is 5. The Morgan fingerprint density at radius 3 is 2.55 bits per heavy atom. The van der Waals surface area contributed by atoms with Gasteiger partial charge in [-0.3, -0.25) is 0 Å². The fourth-order valence-corrected chi connectivity index (χ4v) is 4.10. The van der Waals surface area contributed by atoms with Crippen molar-refractivity contribution in [3.05, 3.63) is 29.6 Å². The van der Waals surface area contributed by atoms with Crippen LogP contribution in [0.1, 0.15) is 44.2 Å². The number of halogens is 1. The van der Waals surface area contributed by atoms with Gasteiger partial charge in [0.1, 0.15) is 11.6 Å². The summed E-state index contributed by atoms with van der Waals surface area (Å²) in [6.07, 6.45) is 5.35. The Labute approximate surface area is 120 Å². The van der Waals surface area contributed by atoms with E-state index in [9.17, 15) is 4.39 Å². The summed E-state index contributed by atoms with van der Waals surface area (Å²) in [7, 11) is 1.58. The maximum Gasteiger partial charge on any atom is 0.131 e. The van der Waals surface area contributed by atoms with Crippen molar-refractivity contribution in [1.29, 1.82) is 0 Å². The lowest BCUT2D eigenvalue weighted by Gasteiger charge is -2.20. The summed E-state index contributed by atoms with van der Waals surface area (Å²) in [4.78, 5) is 0. The zero-order chi connectivity index (χ0) is 14.1. The Morgan fingerprint density at radius 1 is 1.30 bits per heavy atom. The minimum absolute atomic E-state index is 0.140. The number of fused-ring (bicyclic) bond motifs is 1. The minimum atomic E-state index is -0.140. The lowest BCUT2D eigenvalue weighted by Crippen LogP contribution is -2.24. The highest BCUT2D eigenvalue weighted by Gasteiger charge is 2.54. The van der Waals surface area contributed by atoms with Crippen LogP contribution in [-0.4, -0.2) is 13.7 Å². The molecule has 0 spiro atoms. The molecule has 0 aromatic heterocycles. The molecule has 0 aliphatic heterocycles. The standard InChI is InChI=1S/C17H24FNO/c1-3-19-17(16-12-6-4-5-7-13(12)16)14-9-8-11(20-2)10-15(14)18/h8-10,12-13,16-17,19H,3-7H2,1-2H3. The molecule has 2 aliphatic rings. The summed E-state index contributed by atoms with van der Waals surface area (Å²) >= 11 is 0. The highest BCUT2D eigenvalue weighted by molar-refractivity contribution is 5.32. The molecule has 3 heteroatoms. The van der Waals surface area contributed by atoms with Gasteiger partial charge in [0.25, 0.3) is 0 Å². The van der Waals surface area contributed by atoms with Crippen molar-refractivity contribution >= 4 is 0 Å². The van der Waals surface area contributed by atoms with Crippen molar-refractivity contribution in [3.63, 3.8) is 0 Å². The quantitative estimate of drug-likeness (QED) is 0.880. The zero-order valence-electron chi connectivity index (χ0n) is 12.4. The number of ether oxygens (including phenoxy) is 1. The lowest BCUT2D eigenvalue weighted by molar-refractivity contribution is 0.404. The molecule has 1 aromatic rings. The van der Waals surface area contributed by atoms with E-state index in [4.69, 9.17) is 4.74 Å². The van der Waals surface area contributed by atoms with E-state index in [1.807, 2.05) is 12.1 Å². The fourth-order valence-electron chi connectivity index (χ4n) is 4.10. The summed E-state index contributed by atoms with van der Waals surface area (Å²) in [5.41, 5.74) is 0.812. The Bertz CT molecular complexity index is 464. The molecule has 2 nitrogen and oxygen atoms in total. The van der Waals surface area contributed by atoms with Gasteiger partial charge in [0, 0.05) is 17.7 Å². The van der Waals surface area contributed by atoms with Crippen molar-refractivity contribution < 1.29 is 9.13 Å². The molecule has 3 unspecified atom stereocenters. The maximum absolute atomic E-state index is 14.4. The van der Waals surface area contributed by atoms with Crippen LogP contribution in [0.25, 0.3) is 0 Å². The summed E-state index contributed by atoms with van der Waals surface area (Å²) in [6.45, 7) is 2.98. The van der Waals surface area contributed by atoms with Gasteiger partial charge < -0.3 is 10.1 Å². The van der Waals surface area contributed by atoms with Crippen LogP contribution in [0.5, 0.6) is 5.75 Å². The van der Waals surface area contributed by atoms with Gasteiger partial charge in [0.2, 0.25) is 0 Å². The van der Waals surface area contributed by atoms with E-state index in [-0.39, 0.29) is 11.9 Å². The molecule has 0 saturated heterocycles. The number of benzene rings is 1. The molecule has 0 amide bonds. The Balaban J connectivity index is 1.83. The summed E-state index contributed by atoms with van der Waals surface area (Å²) in [5, 5.41) is 3.51. The largest absolute Gasteiger partial charge is 0.497 e. The molecule has 2 saturated carbocycles. The first kappa shape index (κ1) is 13.9. The van der Waals surface area contributed by atoms with Crippen molar-refractivity contribution in [1.82, 2.24) is 5.32 Å². The van der Waals surface area contributed by atoms with E-state index in [1.54, 1.807) is 7.11 Å². The van der Waals surface area contributed by atoms with Gasteiger partial charge in [-0.05, 0) is 43.2 Å². The molecular weight excluding hydrogens is 253 g/mol. The van der Waals surface area contributed by atoms with Crippen LogP contribution in [0.3, 0.4) is 0 Å². The van der Waals surface area contributed by atoms with Gasteiger partial charge in [-0.1, -0.05) is 25.8 Å². The second kappa shape index (κ2) is 5.72. The third-order valence-corrected chi connectivity index (χ3v) is 5.07. The van der Waals surface area contributed by atoms with Crippen LogP contribution in [0.2, 0.25) is 0 Å². The van der Waals surface area contributed by atoms with E-state index < -0.39 is 0 Å². The summed E-state index contributed by atoms with van der Waals surface area (Å²) in [6, 6.07) is 5.44. The van der Waals surface area contributed by atoms with E-state index in [1.165, 1.54) is 31.7 Å². The van der Waals surface area contributed by atoms with Crippen LogP contribution in [-0.2, 0) is 0 Å². The smallest absolute Gasteiger partial charge is 0.131 e. The van der Waals surface area contributed by atoms with Crippen molar-refractivity contribution in [2.24, 2.45) is 17.8 Å². The Kier molecular flexibility index (Phi) is 3.97. The van der Waals surface area contributed by atoms with Crippen LogP contribution in [0.15, 0.2) is 18.2 Å². The highest BCUT2D eigenvalue weighted by Crippen LogP contribution is 2.60. The second-order valence-corrected chi connectivity index (χ2v) is 6.11. The SMILES string of the molecule is CCNC(c1ccc(OC)cc1F)C1C2CCCCC21. The summed E-state index contributed by atoms with van der Waals surface area (Å²) < 4.78 is 19.5. The molecule has 2 aliphatic carbocycles. The average molecular weight is 277 g/mol. The van der Waals surface area contributed by atoms with Crippen LogP contribution < -0.4 is 10.1 Å². The topological polar surface area (TPSA) is 21.3 Å². The Hall–Kier alpha value is -1.09. The summed E-state index contributed by atoms with van der Waals surface area (Å²) in [5.74, 6) is 2.71. The molecular formula is C17H24FNO. The average Bonchev–Trinajstić information content (AvgIpc) is 3.19. The molecule has 0 radical (unpaired) electrons. The molecule has 0 bridgehead atoms. The van der Waals surface area contributed by atoms with Crippen molar-refractivity contribution in [3.8, 4) is 5.75 Å². The molecule has 1 aromatic carbocycles. The Morgan fingerprint density at radius 2 is 2.00 bits per heavy atom. The molecule has 20 heavy (non-hydrogen) atoms. The van der Waals surface area contributed by atoms with E-state index in [0.29, 0.717) is 11.7 Å². The molecule has 3 atom stereocenters. The molecule has 0 heterocycles. The van der Waals surface area contributed by atoms with Crippen molar-refractivity contribution in [2.75, 3.05) is 13.7 Å². The van der Waals surface area contributed by atoms with Gasteiger partial charge in [-0.25, -0.2) is 4.39 Å². The van der Waals surface area contributed by atoms with Crippen LogP contribution in [0.4, 0.5) is 4.39 Å². The van der Waals surface area contributed by atoms with Crippen LogP contribution in [0, 0.1) is 23.6 Å². The van der Waals surface area contributed by atoms with E-state index in [0.717, 1.165) is 23.9 Å². The normalized spacial score (nSPS) is 29.6. The van der Waals surface area contributed by atoms with E-state index in [2.05, 4.69) is 12.2 Å². The van der Waals surface area contributed by atoms with Gasteiger partial charge >= 0.3 is 0 Å². The van der Waals surface area contributed by atoms with Crippen molar-refractivity contribution in [2.45, 2.75) is 38.6 Å². The van der Waals surface area contributed by atoms with Crippen LogP contribution >= 0.6 is 0 Å². The zero-order valence-corrected chi connectivity index (χ0v) is 12.4. The second-order valence-electron chi connectivity index (χ2n) is 6.11. The molecule has 2 fully saturated rings. The minimum Gasteiger partial charge on any atom is -0.497 e. The third kappa shape index (κ3) is 2.44. The first-order valence-corrected chi connectivity index (χ1v) is 7.83. The monoisotopic (exact) mass is 277 g/mol. The maximum atomic E-state index is 14.4. The third-order valence-electron chi connectivity index (χ3n) is 5.07. The predicted molar refractivity (Wildman–Crippen MR) is 78.3 cm³/mol. The number of hydrogen-bond acceptors (Lipinski definition) is 2. The highest BCUT2D eigenvalue weighted by atomic mass is 19.1. The van der Waals surface area contributed by atoms with Gasteiger partial charge in [-0.2, -0.15) is 0 Å². The lowest BCUT2D eigenvalue weighted by atomic mass is 9.99.